The van der Waals surface area contributed by atoms with Gasteiger partial charge in [-0.2, -0.15) is 0 Å². The van der Waals surface area contributed by atoms with Crippen molar-refractivity contribution in [3.63, 3.8) is 0 Å². The predicted octanol–water partition coefficient (Wildman–Crippen LogP) is 2.34. The molecule has 1 atom stereocenters. The van der Waals surface area contributed by atoms with E-state index in [1.54, 1.807) is 11.9 Å². The van der Waals surface area contributed by atoms with Crippen molar-refractivity contribution >= 4 is 5.91 Å². The molecule has 0 aromatic heterocycles. The van der Waals surface area contributed by atoms with Crippen LogP contribution >= 0.6 is 0 Å². The van der Waals surface area contributed by atoms with E-state index in [4.69, 9.17) is 0 Å². The molecule has 2 aliphatic carbocycles. The first-order chi connectivity index (χ1) is 10.1. The number of likely N-dealkylation sites (N-methyl/N-ethyl adjacent to an activating group) is 1. The topological polar surface area (TPSA) is 40.5 Å². The molecule has 0 aliphatic heterocycles. The fraction of sp³-hybridized carbons (Fsp3) is 0.611. The van der Waals surface area contributed by atoms with Gasteiger partial charge in [0.05, 0.1) is 12.5 Å². The molecule has 2 aliphatic rings. The Morgan fingerprint density at radius 3 is 2.71 bits per heavy atom. The number of carbonyl (C=O) groups excluding carboxylic acids is 1. The van der Waals surface area contributed by atoms with Crippen LogP contribution in [0.2, 0.25) is 0 Å². The van der Waals surface area contributed by atoms with E-state index in [1.165, 1.54) is 30.4 Å². The molecular formula is C18H25NO2. The van der Waals surface area contributed by atoms with Crippen molar-refractivity contribution in [3.8, 4) is 0 Å². The maximum Gasteiger partial charge on any atom is 0.226 e. The van der Waals surface area contributed by atoms with E-state index < -0.39 is 0 Å². The van der Waals surface area contributed by atoms with Gasteiger partial charge in [0.25, 0.3) is 0 Å². The second-order valence-corrected chi connectivity index (χ2v) is 6.67. The van der Waals surface area contributed by atoms with E-state index in [9.17, 15) is 9.90 Å². The Morgan fingerprint density at radius 2 is 2.00 bits per heavy atom. The summed E-state index contributed by atoms with van der Waals surface area (Å²) >= 11 is 0. The highest BCUT2D eigenvalue weighted by atomic mass is 16.3. The first-order valence-corrected chi connectivity index (χ1v) is 8.16. The molecule has 1 amide bonds. The number of aliphatic hydroxyl groups excluding tert-OH is 1. The number of benzene rings is 1. The number of amides is 1. The van der Waals surface area contributed by atoms with Crippen molar-refractivity contribution in [1.82, 2.24) is 4.90 Å². The minimum atomic E-state index is -0.345. The molecule has 1 aromatic carbocycles. The van der Waals surface area contributed by atoms with Crippen molar-refractivity contribution in [2.24, 2.45) is 5.92 Å². The fourth-order valence-corrected chi connectivity index (χ4v) is 3.22. The molecule has 0 saturated heterocycles. The van der Waals surface area contributed by atoms with Gasteiger partial charge in [0.2, 0.25) is 5.91 Å². The van der Waals surface area contributed by atoms with Gasteiger partial charge in [0.1, 0.15) is 0 Å². The average Bonchev–Trinajstić information content (AvgIpc) is 3.31. The van der Waals surface area contributed by atoms with Gasteiger partial charge in [-0.15, -0.1) is 0 Å². The van der Waals surface area contributed by atoms with Crippen LogP contribution in [0.4, 0.5) is 0 Å². The van der Waals surface area contributed by atoms with Gasteiger partial charge in [-0.3, -0.25) is 4.79 Å². The maximum atomic E-state index is 12.3. The van der Waals surface area contributed by atoms with Gasteiger partial charge in [0, 0.05) is 13.6 Å². The number of fused-ring (bicyclic) bond motifs is 1. The molecule has 21 heavy (non-hydrogen) atoms. The van der Waals surface area contributed by atoms with Gasteiger partial charge in [-0.25, -0.2) is 0 Å². The lowest BCUT2D eigenvalue weighted by Crippen LogP contribution is -2.36. The van der Waals surface area contributed by atoms with E-state index in [1.807, 2.05) is 0 Å². The van der Waals surface area contributed by atoms with E-state index in [2.05, 4.69) is 18.2 Å². The molecule has 3 heteroatoms. The average molecular weight is 287 g/mol. The van der Waals surface area contributed by atoms with Gasteiger partial charge in [-0.05, 0) is 61.1 Å². The lowest BCUT2D eigenvalue weighted by atomic mass is 9.90. The molecule has 0 bridgehead atoms. The number of aryl methyl sites for hydroxylation is 2. The van der Waals surface area contributed by atoms with Crippen molar-refractivity contribution in [1.29, 1.82) is 0 Å². The van der Waals surface area contributed by atoms with Crippen LogP contribution in [-0.4, -0.2) is 35.6 Å². The summed E-state index contributed by atoms with van der Waals surface area (Å²) in [6.45, 7) is 0.467. The monoisotopic (exact) mass is 287 g/mol. The normalized spacial score (nSPS) is 19.0. The SMILES string of the molecule is CN(CC(O)C1CC1)C(=O)Cc1ccc2c(c1)CCCC2. The minimum absolute atomic E-state index is 0.102. The largest absolute Gasteiger partial charge is 0.391 e. The van der Waals surface area contributed by atoms with Crippen LogP contribution in [0.15, 0.2) is 18.2 Å². The highest BCUT2D eigenvalue weighted by molar-refractivity contribution is 5.78. The van der Waals surface area contributed by atoms with Crippen LogP contribution in [0, 0.1) is 5.92 Å². The van der Waals surface area contributed by atoms with Gasteiger partial charge in [-0.1, -0.05) is 18.2 Å². The molecule has 114 valence electrons. The van der Waals surface area contributed by atoms with Crippen molar-refractivity contribution in [3.05, 3.63) is 34.9 Å². The zero-order valence-corrected chi connectivity index (χ0v) is 12.8. The summed E-state index contributed by atoms with van der Waals surface area (Å²) in [5, 5.41) is 9.94. The zero-order chi connectivity index (χ0) is 14.8. The first-order valence-electron chi connectivity index (χ1n) is 8.16. The lowest BCUT2D eigenvalue weighted by Gasteiger charge is -2.21. The summed E-state index contributed by atoms with van der Waals surface area (Å²) in [4.78, 5) is 14.0. The molecule has 1 saturated carbocycles. The van der Waals surface area contributed by atoms with Gasteiger partial charge in [0.15, 0.2) is 0 Å². The van der Waals surface area contributed by atoms with Crippen LogP contribution in [0.25, 0.3) is 0 Å². The number of rotatable bonds is 5. The van der Waals surface area contributed by atoms with E-state index in [0.29, 0.717) is 18.9 Å². The summed E-state index contributed by atoms with van der Waals surface area (Å²) in [6, 6.07) is 6.49. The maximum absolute atomic E-state index is 12.3. The molecule has 3 rings (SSSR count). The van der Waals surface area contributed by atoms with Crippen molar-refractivity contribution in [2.75, 3.05) is 13.6 Å². The Kier molecular flexibility index (Phi) is 4.29. The second-order valence-electron chi connectivity index (χ2n) is 6.67. The summed E-state index contributed by atoms with van der Waals surface area (Å²) in [6.07, 6.45) is 7.18. The molecule has 1 unspecified atom stereocenters. The molecule has 0 heterocycles. The smallest absolute Gasteiger partial charge is 0.226 e. The molecule has 1 aromatic rings. The summed E-state index contributed by atoms with van der Waals surface area (Å²) < 4.78 is 0. The highest BCUT2D eigenvalue weighted by Crippen LogP contribution is 2.32. The second kappa shape index (κ2) is 6.18. The van der Waals surface area contributed by atoms with Crippen LogP contribution in [-0.2, 0) is 24.1 Å². The third-order valence-corrected chi connectivity index (χ3v) is 4.82. The van der Waals surface area contributed by atoms with E-state index in [-0.39, 0.29) is 12.0 Å². The van der Waals surface area contributed by atoms with Gasteiger partial charge < -0.3 is 10.0 Å². The molecule has 1 N–H and O–H groups in total. The van der Waals surface area contributed by atoms with Crippen LogP contribution < -0.4 is 0 Å². The lowest BCUT2D eigenvalue weighted by molar-refractivity contribution is -0.130. The van der Waals surface area contributed by atoms with Crippen molar-refractivity contribution in [2.45, 2.75) is 51.0 Å². The number of aliphatic hydroxyl groups is 1. The fourth-order valence-electron chi connectivity index (χ4n) is 3.22. The Labute approximate surface area is 127 Å². The van der Waals surface area contributed by atoms with Crippen LogP contribution in [0.5, 0.6) is 0 Å². The summed E-state index contributed by atoms with van der Waals surface area (Å²) in [7, 11) is 1.80. The Bertz CT molecular complexity index is 522. The third-order valence-electron chi connectivity index (χ3n) is 4.82. The summed E-state index contributed by atoms with van der Waals surface area (Å²) in [5.74, 6) is 0.523. The Hall–Kier alpha value is -1.35. The zero-order valence-electron chi connectivity index (χ0n) is 12.8. The van der Waals surface area contributed by atoms with E-state index in [0.717, 1.165) is 24.8 Å². The van der Waals surface area contributed by atoms with Gasteiger partial charge >= 0.3 is 0 Å². The van der Waals surface area contributed by atoms with Crippen LogP contribution in [0.1, 0.15) is 42.4 Å². The standard InChI is InChI=1S/C18H25NO2/c1-19(12-17(20)15-8-9-15)18(21)11-13-6-7-14-4-2-3-5-16(14)10-13/h6-7,10,15,17,20H,2-5,8-9,11-12H2,1H3. The van der Waals surface area contributed by atoms with E-state index >= 15 is 0 Å². The van der Waals surface area contributed by atoms with Crippen LogP contribution in [0.3, 0.4) is 0 Å². The molecule has 0 spiro atoms. The summed E-state index contributed by atoms with van der Waals surface area (Å²) in [5.41, 5.74) is 3.98. The predicted molar refractivity (Wildman–Crippen MR) is 83.2 cm³/mol. The highest BCUT2D eigenvalue weighted by Gasteiger charge is 2.31. The first kappa shape index (κ1) is 14.6. The molecule has 3 nitrogen and oxygen atoms in total. The quantitative estimate of drug-likeness (QED) is 0.903. The third kappa shape index (κ3) is 3.65. The molecule has 0 radical (unpaired) electrons. The van der Waals surface area contributed by atoms with Crippen molar-refractivity contribution < 1.29 is 9.90 Å². The minimum Gasteiger partial charge on any atom is -0.391 e. The number of hydrogen-bond acceptors (Lipinski definition) is 2. The number of hydrogen-bond donors (Lipinski definition) is 1. The Balaban J connectivity index is 1.58. The molecule has 1 fully saturated rings. The molecular weight excluding hydrogens is 262 g/mol. The number of carbonyl (C=O) groups is 1. The Morgan fingerprint density at radius 1 is 1.29 bits per heavy atom. The number of nitrogens with zero attached hydrogens (tertiary/aromatic N) is 1.